The SMILES string of the molecule is CC(C)CCOCCN=C1NC(c2ccccc2)CS1. The van der Waals surface area contributed by atoms with Crippen molar-refractivity contribution in [2.75, 3.05) is 25.5 Å². The Bertz CT molecular complexity index is 420. The standard InChI is InChI=1S/C16H24N2OS/c1-13(2)8-10-19-11-9-17-16-18-15(12-20-16)14-6-4-3-5-7-14/h3-7,13,15H,8-12H2,1-2H3,(H,17,18). The lowest BCUT2D eigenvalue weighted by molar-refractivity contribution is 0.131. The van der Waals surface area contributed by atoms with E-state index in [-0.39, 0.29) is 0 Å². The first-order chi connectivity index (χ1) is 9.75. The van der Waals surface area contributed by atoms with Crippen molar-refractivity contribution in [3.63, 3.8) is 0 Å². The summed E-state index contributed by atoms with van der Waals surface area (Å²) in [5.41, 5.74) is 1.33. The molecule has 20 heavy (non-hydrogen) atoms. The predicted octanol–water partition coefficient (Wildman–Crippen LogP) is 3.48. The first kappa shape index (κ1) is 15.4. The third kappa shape index (κ3) is 5.17. The molecule has 110 valence electrons. The number of benzene rings is 1. The van der Waals surface area contributed by atoms with E-state index in [9.17, 15) is 0 Å². The van der Waals surface area contributed by atoms with Crippen LogP contribution in [0.15, 0.2) is 35.3 Å². The molecule has 1 saturated heterocycles. The molecule has 1 fully saturated rings. The molecule has 0 radical (unpaired) electrons. The second kappa shape index (κ2) is 8.32. The number of amidine groups is 1. The maximum atomic E-state index is 5.57. The fourth-order valence-corrected chi connectivity index (χ4v) is 2.99. The van der Waals surface area contributed by atoms with E-state index in [1.54, 1.807) is 11.8 Å². The van der Waals surface area contributed by atoms with Gasteiger partial charge in [0, 0.05) is 12.4 Å². The van der Waals surface area contributed by atoms with Gasteiger partial charge in [0.05, 0.1) is 19.2 Å². The van der Waals surface area contributed by atoms with Crippen LogP contribution in [0.4, 0.5) is 0 Å². The lowest BCUT2D eigenvalue weighted by atomic mass is 10.1. The Hall–Kier alpha value is -1.00. The van der Waals surface area contributed by atoms with E-state index in [1.165, 1.54) is 5.56 Å². The van der Waals surface area contributed by atoms with Crippen molar-refractivity contribution in [2.24, 2.45) is 10.9 Å². The van der Waals surface area contributed by atoms with E-state index in [0.29, 0.717) is 18.6 Å². The van der Waals surface area contributed by atoms with Gasteiger partial charge in [-0.05, 0) is 17.9 Å². The van der Waals surface area contributed by atoms with Crippen LogP contribution in [0, 0.1) is 5.92 Å². The van der Waals surface area contributed by atoms with Crippen LogP contribution in [-0.2, 0) is 4.74 Å². The number of thioether (sulfide) groups is 1. The van der Waals surface area contributed by atoms with Gasteiger partial charge in [-0.3, -0.25) is 4.99 Å². The zero-order chi connectivity index (χ0) is 14.2. The molecule has 1 N–H and O–H groups in total. The molecule has 1 aromatic rings. The molecule has 1 unspecified atom stereocenters. The third-order valence-electron chi connectivity index (χ3n) is 3.22. The molecule has 0 spiro atoms. The largest absolute Gasteiger partial charge is 0.380 e. The number of hydrogen-bond donors (Lipinski definition) is 1. The predicted molar refractivity (Wildman–Crippen MR) is 87.4 cm³/mol. The zero-order valence-electron chi connectivity index (χ0n) is 12.3. The highest BCUT2D eigenvalue weighted by molar-refractivity contribution is 8.14. The first-order valence-corrected chi connectivity index (χ1v) is 8.30. The van der Waals surface area contributed by atoms with Crippen LogP contribution in [0.3, 0.4) is 0 Å². The average Bonchev–Trinajstić information content (AvgIpc) is 2.92. The molecular formula is C16H24N2OS. The number of nitrogens with one attached hydrogen (secondary N) is 1. The van der Waals surface area contributed by atoms with Crippen molar-refractivity contribution in [3.05, 3.63) is 35.9 Å². The summed E-state index contributed by atoms with van der Waals surface area (Å²) in [4.78, 5) is 4.56. The molecule has 4 heteroatoms. The van der Waals surface area contributed by atoms with Gasteiger partial charge in [0.25, 0.3) is 0 Å². The Balaban J connectivity index is 1.66. The second-order valence-electron chi connectivity index (χ2n) is 5.40. The fourth-order valence-electron chi connectivity index (χ4n) is 1.98. The molecule has 1 atom stereocenters. The molecule has 0 amide bonds. The molecular weight excluding hydrogens is 268 g/mol. The Morgan fingerprint density at radius 3 is 2.85 bits per heavy atom. The van der Waals surface area contributed by atoms with Gasteiger partial charge in [-0.2, -0.15) is 0 Å². The van der Waals surface area contributed by atoms with Crippen molar-refractivity contribution < 1.29 is 4.74 Å². The summed E-state index contributed by atoms with van der Waals surface area (Å²) in [7, 11) is 0. The highest BCUT2D eigenvalue weighted by Crippen LogP contribution is 2.25. The minimum atomic E-state index is 0.391. The van der Waals surface area contributed by atoms with E-state index >= 15 is 0 Å². The molecule has 2 rings (SSSR count). The van der Waals surface area contributed by atoms with Gasteiger partial charge in [-0.15, -0.1) is 0 Å². The van der Waals surface area contributed by atoms with Gasteiger partial charge in [0.15, 0.2) is 5.17 Å². The minimum Gasteiger partial charge on any atom is -0.380 e. The molecule has 0 aromatic heterocycles. The second-order valence-corrected chi connectivity index (χ2v) is 6.41. The third-order valence-corrected chi connectivity index (χ3v) is 4.24. The smallest absolute Gasteiger partial charge is 0.157 e. The van der Waals surface area contributed by atoms with Gasteiger partial charge in [-0.25, -0.2) is 0 Å². The van der Waals surface area contributed by atoms with Crippen LogP contribution in [0.1, 0.15) is 31.9 Å². The summed E-state index contributed by atoms with van der Waals surface area (Å²) in [5, 5.41) is 4.52. The zero-order valence-corrected chi connectivity index (χ0v) is 13.2. The van der Waals surface area contributed by atoms with E-state index in [1.807, 2.05) is 0 Å². The maximum Gasteiger partial charge on any atom is 0.157 e. The highest BCUT2D eigenvalue weighted by Gasteiger charge is 2.21. The highest BCUT2D eigenvalue weighted by atomic mass is 32.2. The van der Waals surface area contributed by atoms with Crippen molar-refractivity contribution >= 4 is 16.9 Å². The van der Waals surface area contributed by atoms with Crippen LogP contribution in [0.25, 0.3) is 0 Å². The van der Waals surface area contributed by atoms with Gasteiger partial charge < -0.3 is 10.1 Å². The molecule has 3 nitrogen and oxygen atoms in total. The number of rotatable bonds is 7. The summed E-state index contributed by atoms with van der Waals surface area (Å²) in [6, 6.07) is 10.9. The van der Waals surface area contributed by atoms with E-state index < -0.39 is 0 Å². The lowest BCUT2D eigenvalue weighted by Crippen LogP contribution is -2.19. The van der Waals surface area contributed by atoms with Crippen LogP contribution < -0.4 is 5.32 Å². The topological polar surface area (TPSA) is 33.6 Å². The average molecular weight is 292 g/mol. The molecule has 0 aliphatic carbocycles. The Morgan fingerprint density at radius 2 is 2.10 bits per heavy atom. The summed E-state index contributed by atoms with van der Waals surface area (Å²) in [5.74, 6) is 1.76. The lowest BCUT2D eigenvalue weighted by Gasteiger charge is -2.09. The summed E-state index contributed by atoms with van der Waals surface area (Å²) >= 11 is 1.80. The van der Waals surface area contributed by atoms with Crippen LogP contribution in [0.2, 0.25) is 0 Å². The van der Waals surface area contributed by atoms with E-state index in [4.69, 9.17) is 4.74 Å². The maximum absolute atomic E-state index is 5.57. The molecule has 0 saturated carbocycles. The van der Waals surface area contributed by atoms with E-state index in [2.05, 4.69) is 54.5 Å². The van der Waals surface area contributed by atoms with Crippen molar-refractivity contribution in [3.8, 4) is 0 Å². The Labute approximate surface area is 126 Å². The molecule has 0 bridgehead atoms. The van der Waals surface area contributed by atoms with E-state index in [0.717, 1.165) is 30.5 Å². The Morgan fingerprint density at radius 1 is 1.30 bits per heavy atom. The van der Waals surface area contributed by atoms with Gasteiger partial charge >= 0.3 is 0 Å². The quantitative estimate of drug-likeness (QED) is 0.781. The molecule has 1 aromatic carbocycles. The van der Waals surface area contributed by atoms with Crippen molar-refractivity contribution in [1.29, 1.82) is 0 Å². The summed E-state index contributed by atoms with van der Waals surface area (Å²) in [6.07, 6.45) is 1.12. The normalized spacial score (nSPS) is 20.6. The van der Waals surface area contributed by atoms with Gasteiger partial charge in [0.2, 0.25) is 0 Å². The van der Waals surface area contributed by atoms with Crippen LogP contribution >= 0.6 is 11.8 Å². The fraction of sp³-hybridized carbons (Fsp3) is 0.562. The molecule has 1 heterocycles. The van der Waals surface area contributed by atoms with Crippen LogP contribution in [-0.4, -0.2) is 30.7 Å². The number of ether oxygens (including phenoxy) is 1. The Kier molecular flexibility index (Phi) is 6.40. The molecule has 1 aliphatic heterocycles. The molecule has 1 aliphatic rings. The minimum absolute atomic E-state index is 0.391. The number of nitrogens with zero attached hydrogens (tertiary/aromatic N) is 1. The monoisotopic (exact) mass is 292 g/mol. The van der Waals surface area contributed by atoms with Crippen LogP contribution in [0.5, 0.6) is 0 Å². The summed E-state index contributed by atoms with van der Waals surface area (Å²) in [6.45, 7) is 6.73. The number of hydrogen-bond acceptors (Lipinski definition) is 3. The number of aliphatic imine (C=N–C) groups is 1. The van der Waals surface area contributed by atoms with Crippen molar-refractivity contribution in [1.82, 2.24) is 5.32 Å². The van der Waals surface area contributed by atoms with Gasteiger partial charge in [0.1, 0.15) is 0 Å². The van der Waals surface area contributed by atoms with Gasteiger partial charge in [-0.1, -0.05) is 55.9 Å². The van der Waals surface area contributed by atoms with Crippen molar-refractivity contribution in [2.45, 2.75) is 26.3 Å². The first-order valence-electron chi connectivity index (χ1n) is 7.32. The summed E-state index contributed by atoms with van der Waals surface area (Å²) < 4.78 is 5.57.